The molecule has 1 aromatic carbocycles. The molecular weight excluding hydrogens is 364 g/mol. The third-order valence-corrected chi connectivity index (χ3v) is 5.57. The molecular formula is C22H22N6O. The van der Waals surface area contributed by atoms with Crippen LogP contribution in [0.5, 0.6) is 0 Å². The highest BCUT2D eigenvalue weighted by Crippen LogP contribution is 2.29. The van der Waals surface area contributed by atoms with E-state index in [0.717, 1.165) is 59.5 Å². The molecule has 2 N–H and O–H groups in total. The number of nitrogens with one attached hydrogen (secondary N) is 1. The molecule has 0 aliphatic carbocycles. The topological polar surface area (TPSA) is 90.8 Å². The Labute approximate surface area is 168 Å². The minimum Gasteiger partial charge on any atom is -0.396 e. The quantitative estimate of drug-likeness (QED) is 0.559. The highest BCUT2D eigenvalue weighted by Gasteiger charge is 2.21. The van der Waals surface area contributed by atoms with E-state index in [1.54, 1.807) is 12.4 Å². The van der Waals surface area contributed by atoms with Crippen LogP contribution in [0.25, 0.3) is 33.5 Å². The molecule has 29 heavy (non-hydrogen) atoms. The second-order valence-electron chi connectivity index (χ2n) is 7.46. The second kappa shape index (κ2) is 7.60. The van der Waals surface area contributed by atoms with Gasteiger partial charge in [0.2, 0.25) is 0 Å². The molecule has 1 aliphatic heterocycles. The summed E-state index contributed by atoms with van der Waals surface area (Å²) in [5, 5.41) is 17.6. The summed E-state index contributed by atoms with van der Waals surface area (Å²) in [6.07, 6.45) is 7.31. The van der Waals surface area contributed by atoms with Crippen LogP contribution in [-0.4, -0.2) is 50.0 Å². The van der Waals surface area contributed by atoms with Crippen molar-refractivity contribution >= 4 is 16.7 Å². The highest BCUT2D eigenvalue weighted by molar-refractivity contribution is 5.84. The van der Waals surface area contributed by atoms with E-state index < -0.39 is 0 Å². The lowest BCUT2D eigenvalue weighted by molar-refractivity contribution is 0.203. The molecule has 1 saturated heterocycles. The zero-order valence-electron chi connectivity index (χ0n) is 16.0. The van der Waals surface area contributed by atoms with Crippen molar-refractivity contribution in [3.63, 3.8) is 0 Å². The minimum atomic E-state index is 0.258. The number of hydrogen-bond donors (Lipinski definition) is 2. The number of H-pyrrole nitrogens is 1. The molecule has 0 saturated carbocycles. The summed E-state index contributed by atoms with van der Waals surface area (Å²) < 4.78 is 0. The molecule has 0 radical (unpaired) electrons. The summed E-state index contributed by atoms with van der Waals surface area (Å²) in [6, 6.07) is 12.1. The zero-order chi connectivity index (χ0) is 19.6. The SMILES string of the molecule is OCC1CCN(c2cc(-c3ccc4[nH]ncc4c3)nc(-c3cccnc3)n2)CC1. The molecule has 1 aliphatic rings. The smallest absolute Gasteiger partial charge is 0.163 e. The molecule has 5 rings (SSSR count). The zero-order valence-corrected chi connectivity index (χ0v) is 16.0. The van der Waals surface area contributed by atoms with Gasteiger partial charge in [0.25, 0.3) is 0 Å². The van der Waals surface area contributed by atoms with E-state index in [1.165, 1.54) is 0 Å². The van der Waals surface area contributed by atoms with Crippen molar-refractivity contribution in [1.82, 2.24) is 25.1 Å². The molecule has 0 amide bonds. The number of anilines is 1. The van der Waals surface area contributed by atoms with Crippen LogP contribution >= 0.6 is 0 Å². The first-order chi connectivity index (χ1) is 14.3. The number of nitrogens with zero attached hydrogens (tertiary/aromatic N) is 5. The van der Waals surface area contributed by atoms with Crippen LogP contribution < -0.4 is 4.90 Å². The highest BCUT2D eigenvalue weighted by atomic mass is 16.3. The Morgan fingerprint density at radius 2 is 1.93 bits per heavy atom. The number of rotatable bonds is 4. The number of aliphatic hydroxyl groups excluding tert-OH is 1. The van der Waals surface area contributed by atoms with Crippen molar-refractivity contribution < 1.29 is 5.11 Å². The number of pyridine rings is 1. The van der Waals surface area contributed by atoms with Crippen LogP contribution in [0.4, 0.5) is 5.82 Å². The fourth-order valence-electron chi connectivity index (χ4n) is 3.82. The van der Waals surface area contributed by atoms with Gasteiger partial charge in [-0.05, 0) is 43.0 Å². The summed E-state index contributed by atoms with van der Waals surface area (Å²) in [4.78, 5) is 16.2. The van der Waals surface area contributed by atoms with E-state index in [2.05, 4.69) is 38.3 Å². The number of piperidine rings is 1. The lowest BCUT2D eigenvalue weighted by Crippen LogP contribution is -2.35. The number of aliphatic hydroxyl groups is 1. The number of benzene rings is 1. The molecule has 7 nitrogen and oxygen atoms in total. The summed E-state index contributed by atoms with van der Waals surface area (Å²) in [6.45, 7) is 2.03. The number of hydrogen-bond acceptors (Lipinski definition) is 6. The van der Waals surface area contributed by atoms with Gasteiger partial charge in [-0.3, -0.25) is 10.1 Å². The van der Waals surface area contributed by atoms with E-state index in [4.69, 9.17) is 9.97 Å². The lowest BCUT2D eigenvalue weighted by Gasteiger charge is -2.32. The molecule has 0 spiro atoms. The van der Waals surface area contributed by atoms with Gasteiger partial charge in [0.05, 0.1) is 17.4 Å². The van der Waals surface area contributed by atoms with Crippen molar-refractivity contribution in [3.05, 3.63) is 55.0 Å². The van der Waals surface area contributed by atoms with Gasteiger partial charge in [0.15, 0.2) is 5.82 Å². The number of aromatic amines is 1. The van der Waals surface area contributed by atoms with Crippen LogP contribution in [-0.2, 0) is 0 Å². The molecule has 146 valence electrons. The Bertz CT molecular complexity index is 1120. The molecule has 1 fully saturated rings. The maximum Gasteiger partial charge on any atom is 0.163 e. The summed E-state index contributed by atoms with van der Waals surface area (Å²) >= 11 is 0. The third-order valence-electron chi connectivity index (χ3n) is 5.57. The maximum absolute atomic E-state index is 9.44. The average molecular weight is 386 g/mol. The van der Waals surface area contributed by atoms with E-state index in [0.29, 0.717) is 11.7 Å². The first-order valence-electron chi connectivity index (χ1n) is 9.89. The van der Waals surface area contributed by atoms with Gasteiger partial charge >= 0.3 is 0 Å². The van der Waals surface area contributed by atoms with Crippen molar-refractivity contribution in [2.24, 2.45) is 5.92 Å². The van der Waals surface area contributed by atoms with Crippen LogP contribution in [0.2, 0.25) is 0 Å². The van der Waals surface area contributed by atoms with Crippen LogP contribution in [0.3, 0.4) is 0 Å². The fourth-order valence-corrected chi connectivity index (χ4v) is 3.82. The lowest BCUT2D eigenvalue weighted by atomic mass is 9.98. The Morgan fingerprint density at radius 1 is 1.03 bits per heavy atom. The van der Waals surface area contributed by atoms with E-state index in [1.807, 2.05) is 24.4 Å². The predicted octanol–water partition coefficient (Wildman–Crippen LogP) is 3.29. The van der Waals surface area contributed by atoms with Gasteiger partial charge in [-0.15, -0.1) is 0 Å². The van der Waals surface area contributed by atoms with Crippen molar-refractivity contribution in [2.75, 3.05) is 24.6 Å². The van der Waals surface area contributed by atoms with Crippen molar-refractivity contribution in [2.45, 2.75) is 12.8 Å². The Kier molecular flexibility index (Phi) is 4.65. The van der Waals surface area contributed by atoms with Gasteiger partial charge < -0.3 is 10.0 Å². The van der Waals surface area contributed by atoms with Gasteiger partial charge in [0.1, 0.15) is 5.82 Å². The van der Waals surface area contributed by atoms with E-state index in [-0.39, 0.29) is 6.61 Å². The molecule has 4 aromatic rings. The first kappa shape index (κ1) is 17.8. The van der Waals surface area contributed by atoms with Crippen LogP contribution in [0.15, 0.2) is 55.0 Å². The van der Waals surface area contributed by atoms with Gasteiger partial charge in [-0.2, -0.15) is 5.10 Å². The third kappa shape index (κ3) is 3.56. The second-order valence-corrected chi connectivity index (χ2v) is 7.46. The molecule has 7 heteroatoms. The predicted molar refractivity (Wildman–Crippen MR) is 112 cm³/mol. The number of fused-ring (bicyclic) bond motifs is 1. The van der Waals surface area contributed by atoms with Gasteiger partial charge in [0, 0.05) is 54.7 Å². The van der Waals surface area contributed by atoms with E-state index in [9.17, 15) is 5.11 Å². The molecule has 3 aromatic heterocycles. The Hall–Kier alpha value is -3.32. The molecule has 0 unspecified atom stereocenters. The maximum atomic E-state index is 9.44. The monoisotopic (exact) mass is 386 g/mol. The molecule has 0 bridgehead atoms. The van der Waals surface area contributed by atoms with Crippen LogP contribution in [0.1, 0.15) is 12.8 Å². The largest absolute Gasteiger partial charge is 0.396 e. The fraction of sp³-hybridized carbons (Fsp3) is 0.273. The number of aromatic nitrogens is 5. The summed E-state index contributed by atoms with van der Waals surface area (Å²) in [5.74, 6) is 1.97. The van der Waals surface area contributed by atoms with Crippen LogP contribution in [0, 0.1) is 5.92 Å². The molecule has 0 atom stereocenters. The average Bonchev–Trinajstić information content (AvgIpc) is 3.27. The van der Waals surface area contributed by atoms with Gasteiger partial charge in [-0.25, -0.2) is 9.97 Å². The van der Waals surface area contributed by atoms with Crippen molar-refractivity contribution in [3.8, 4) is 22.6 Å². The standard InChI is InChI=1S/C22H22N6O/c29-14-15-5-8-28(9-6-15)21-11-20(16-3-4-19-18(10-16)13-24-27-19)25-22(26-21)17-2-1-7-23-12-17/h1-4,7,10-13,15,29H,5-6,8-9,14H2,(H,24,27). The summed E-state index contributed by atoms with van der Waals surface area (Å²) in [5.41, 5.74) is 3.80. The van der Waals surface area contributed by atoms with E-state index >= 15 is 0 Å². The normalized spacial score (nSPS) is 15.1. The minimum absolute atomic E-state index is 0.258. The summed E-state index contributed by atoms with van der Waals surface area (Å²) in [7, 11) is 0. The van der Waals surface area contributed by atoms with Gasteiger partial charge in [-0.1, -0.05) is 6.07 Å². The van der Waals surface area contributed by atoms with Crippen molar-refractivity contribution in [1.29, 1.82) is 0 Å². The molecule has 4 heterocycles. The Balaban J connectivity index is 1.58. The Morgan fingerprint density at radius 3 is 2.72 bits per heavy atom. The first-order valence-corrected chi connectivity index (χ1v) is 9.89.